The van der Waals surface area contributed by atoms with E-state index in [4.69, 9.17) is 23.2 Å². The fourth-order valence-electron chi connectivity index (χ4n) is 2.12. The van der Waals surface area contributed by atoms with Crippen LogP contribution in [0.1, 0.15) is 16.9 Å². The van der Waals surface area contributed by atoms with Gasteiger partial charge in [-0.2, -0.15) is 0 Å². The molecule has 0 radical (unpaired) electrons. The highest BCUT2D eigenvalue weighted by Gasteiger charge is 2.15. The van der Waals surface area contributed by atoms with E-state index in [0.717, 1.165) is 23.9 Å². The first-order valence-corrected chi connectivity index (χ1v) is 7.18. The van der Waals surface area contributed by atoms with Crippen molar-refractivity contribution in [3.05, 3.63) is 33.9 Å². The number of carbonyl (C=O) groups is 1. The maximum Gasteiger partial charge on any atom is 0.267 e. The molecule has 0 fully saturated rings. The van der Waals surface area contributed by atoms with Gasteiger partial charge in [-0.3, -0.25) is 4.79 Å². The number of hydrogen-bond acceptors (Lipinski definition) is 2. The highest BCUT2D eigenvalue weighted by molar-refractivity contribution is 6.45. The maximum absolute atomic E-state index is 12.2. The summed E-state index contributed by atoms with van der Waals surface area (Å²) in [6, 6.07) is 5.37. The van der Waals surface area contributed by atoms with Crippen molar-refractivity contribution in [2.45, 2.75) is 6.42 Å². The second-order valence-corrected chi connectivity index (χ2v) is 5.38. The minimum Gasteiger partial charge on any atom is -0.351 e. The Balaban J connectivity index is 2.24. The van der Waals surface area contributed by atoms with Crippen molar-refractivity contribution in [3.63, 3.8) is 0 Å². The number of fused-ring (bicyclic) bond motifs is 1. The zero-order chi connectivity index (χ0) is 14.7. The van der Waals surface area contributed by atoms with Crippen LogP contribution in [0.15, 0.2) is 18.2 Å². The first-order chi connectivity index (χ1) is 9.56. The monoisotopic (exact) mass is 313 g/mol. The van der Waals surface area contributed by atoms with E-state index in [-0.39, 0.29) is 5.91 Å². The Bertz CT molecular complexity index is 637. The molecule has 0 saturated heterocycles. The number of nitrogens with one attached hydrogen (secondary N) is 2. The molecule has 1 heterocycles. The van der Waals surface area contributed by atoms with E-state index < -0.39 is 0 Å². The van der Waals surface area contributed by atoms with Crippen LogP contribution in [0.3, 0.4) is 0 Å². The quantitative estimate of drug-likeness (QED) is 0.834. The average molecular weight is 314 g/mol. The van der Waals surface area contributed by atoms with Crippen molar-refractivity contribution in [2.24, 2.45) is 7.05 Å². The van der Waals surface area contributed by atoms with Gasteiger partial charge < -0.3 is 15.2 Å². The normalized spacial score (nSPS) is 11.0. The fraction of sp³-hybridized carbons (Fsp3) is 0.357. The topological polar surface area (TPSA) is 46.1 Å². The number of amides is 1. The molecule has 1 amide bonds. The van der Waals surface area contributed by atoms with E-state index in [9.17, 15) is 4.79 Å². The molecular formula is C14H17Cl2N3O. The minimum absolute atomic E-state index is 0.105. The molecule has 108 valence electrons. The predicted octanol–water partition coefficient (Wildman–Crippen LogP) is 2.82. The van der Waals surface area contributed by atoms with Crippen LogP contribution >= 0.6 is 23.2 Å². The molecule has 0 aliphatic heterocycles. The van der Waals surface area contributed by atoms with E-state index in [0.29, 0.717) is 22.3 Å². The zero-order valence-corrected chi connectivity index (χ0v) is 13.0. The first-order valence-electron chi connectivity index (χ1n) is 6.42. The van der Waals surface area contributed by atoms with Gasteiger partial charge in [0.1, 0.15) is 5.69 Å². The standard InChI is InChI=1S/C14H17Cl2N3O/c1-17-6-3-7-18-14(20)12-8-9-11(19(12)2)5-4-10(15)13(9)16/h4-5,8,17H,3,6-7H2,1-2H3,(H,18,20). The Kier molecular flexibility index (Phi) is 4.91. The van der Waals surface area contributed by atoms with Gasteiger partial charge in [-0.25, -0.2) is 0 Å². The molecule has 2 N–H and O–H groups in total. The molecule has 0 spiro atoms. The van der Waals surface area contributed by atoms with Gasteiger partial charge in [-0.15, -0.1) is 0 Å². The van der Waals surface area contributed by atoms with E-state index in [1.165, 1.54) is 0 Å². The number of aryl methyl sites for hydroxylation is 1. The number of rotatable bonds is 5. The molecule has 4 nitrogen and oxygen atoms in total. The predicted molar refractivity (Wildman–Crippen MR) is 83.8 cm³/mol. The van der Waals surface area contributed by atoms with Crippen molar-refractivity contribution in [3.8, 4) is 0 Å². The van der Waals surface area contributed by atoms with Crippen LogP contribution < -0.4 is 10.6 Å². The maximum atomic E-state index is 12.2. The summed E-state index contributed by atoms with van der Waals surface area (Å²) in [4.78, 5) is 12.2. The number of aromatic nitrogens is 1. The van der Waals surface area contributed by atoms with Gasteiger partial charge in [-0.05, 0) is 38.2 Å². The third-order valence-electron chi connectivity index (χ3n) is 3.24. The van der Waals surface area contributed by atoms with Crippen molar-refractivity contribution < 1.29 is 4.79 Å². The van der Waals surface area contributed by atoms with Gasteiger partial charge in [0.2, 0.25) is 0 Å². The average Bonchev–Trinajstić information content (AvgIpc) is 2.77. The van der Waals surface area contributed by atoms with Crippen LogP contribution in [0.25, 0.3) is 10.9 Å². The zero-order valence-electron chi connectivity index (χ0n) is 11.5. The lowest BCUT2D eigenvalue weighted by atomic mass is 10.2. The van der Waals surface area contributed by atoms with Crippen LogP contribution in [0.5, 0.6) is 0 Å². The van der Waals surface area contributed by atoms with Gasteiger partial charge in [0.15, 0.2) is 0 Å². The van der Waals surface area contributed by atoms with E-state index >= 15 is 0 Å². The Hall–Kier alpha value is -1.23. The molecule has 2 rings (SSSR count). The lowest BCUT2D eigenvalue weighted by Gasteiger charge is -2.06. The SMILES string of the molecule is CNCCCNC(=O)c1cc2c(Cl)c(Cl)ccc2n1C. The second kappa shape index (κ2) is 6.48. The van der Waals surface area contributed by atoms with E-state index in [2.05, 4.69) is 10.6 Å². The van der Waals surface area contributed by atoms with Crippen LogP contribution in [0, 0.1) is 0 Å². The van der Waals surface area contributed by atoms with Gasteiger partial charge in [-0.1, -0.05) is 23.2 Å². The summed E-state index contributed by atoms with van der Waals surface area (Å²) in [5.41, 5.74) is 1.47. The smallest absolute Gasteiger partial charge is 0.267 e. The van der Waals surface area contributed by atoms with Gasteiger partial charge in [0.05, 0.1) is 10.0 Å². The van der Waals surface area contributed by atoms with Crippen LogP contribution in [0.2, 0.25) is 10.0 Å². The molecule has 6 heteroatoms. The first kappa shape index (κ1) is 15.2. The molecule has 0 atom stereocenters. The molecule has 0 bridgehead atoms. The van der Waals surface area contributed by atoms with E-state index in [1.54, 1.807) is 12.1 Å². The molecule has 1 aromatic heterocycles. The molecular weight excluding hydrogens is 297 g/mol. The highest BCUT2D eigenvalue weighted by atomic mass is 35.5. The third kappa shape index (κ3) is 2.92. The summed E-state index contributed by atoms with van der Waals surface area (Å²) >= 11 is 12.2. The summed E-state index contributed by atoms with van der Waals surface area (Å²) in [6.45, 7) is 1.51. The summed E-state index contributed by atoms with van der Waals surface area (Å²) < 4.78 is 1.82. The molecule has 2 aromatic rings. The largest absolute Gasteiger partial charge is 0.351 e. The lowest BCUT2D eigenvalue weighted by Crippen LogP contribution is -2.28. The summed E-state index contributed by atoms with van der Waals surface area (Å²) in [7, 11) is 3.73. The van der Waals surface area contributed by atoms with Crippen LogP contribution in [0.4, 0.5) is 0 Å². The summed E-state index contributed by atoms with van der Waals surface area (Å²) in [6.07, 6.45) is 0.888. The number of carbonyl (C=O) groups excluding carboxylic acids is 1. The third-order valence-corrected chi connectivity index (χ3v) is 4.05. The molecule has 0 saturated carbocycles. The Morgan fingerprint density at radius 2 is 2.05 bits per heavy atom. The molecule has 1 aromatic carbocycles. The Labute approximate surface area is 128 Å². The Morgan fingerprint density at radius 3 is 2.75 bits per heavy atom. The second-order valence-electron chi connectivity index (χ2n) is 4.60. The van der Waals surface area contributed by atoms with Crippen molar-refractivity contribution >= 4 is 40.0 Å². The lowest BCUT2D eigenvalue weighted by molar-refractivity contribution is 0.0945. The van der Waals surface area contributed by atoms with Crippen LogP contribution in [-0.2, 0) is 7.05 Å². The minimum atomic E-state index is -0.105. The molecule has 0 unspecified atom stereocenters. The Morgan fingerprint density at radius 1 is 1.30 bits per heavy atom. The number of nitrogens with zero attached hydrogens (tertiary/aromatic N) is 1. The highest BCUT2D eigenvalue weighted by Crippen LogP contribution is 2.32. The fourth-order valence-corrected chi connectivity index (χ4v) is 2.50. The molecule has 0 aliphatic carbocycles. The summed E-state index contributed by atoms with van der Waals surface area (Å²) in [5.74, 6) is -0.105. The van der Waals surface area contributed by atoms with Gasteiger partial charge in [0.25, 0.3) is 5.91 Å². The van der Waals surface area contributed by atoms with Crippen LogP contribution in [-0.4, -0.2) is 30.6 Å². The van der Waals surface area contributed by atoms with E-state index in [1.807, 2.05) is 24.7 Å². The van der Waals surface area contributed by atoms with Gasteiger partial charge in [0, 0.05) is 24.5 Å². The number of benzene rings is 1. The van der Waals surface area contributed by atoms with Crippen molar-refractivity contribution in [2.75, 3.05) is 20.1 Å². The molecule has 20 heavy (non-hydrogen) atoms. The van der Waals surface area contributed by atoms with Gasteiger partial charge >= 0.3 is 0 Å². The van der Waals surface area contributed by atoms with Crippen molar-refractivity contribution in [1.82, 2.24) is 15.2 Å². The summed E-state index contributed by atoms with van der Waals surface area (Å²) in [5, 5.41) is 7.70. The van der Waals surface area contributed by atoms with Crippen molar-refractivity contribution in [1.29, 1.82) is 0 Å². The number of halogens is 2. The number of hydrogen-bond donors (Lipinski definition) is 2. The molecule has 0 aliphatic rings.